The molecule has 1 aromatic carbocycles. The van der Waals surface area contributed by atoms with Crippen molar-refractivity contribution in [1.29, 1.82) is 0 Å². The van der Waals surface area contributed by atoms with Crippen LogP contribution in [0.1, 0.15) is 13.8 Å². The summed E-state index contributed by atoms with van der Waals surface area (Å²) >= 11 is 1.46. The van der Waals surface area contributed by atoms with E-state index in [-0.39, 0.29) is 12.5 Å². The number of para-hydroxylation sites is 1. The first kappa shape index (κ1) is 16.0. The van der Waals surface area contributed by atoms with Crippen LogP contribution in [0, 0.1) is 5.41 Å². The predicted octanol–water partition coefficient (Wildman–Crippen LogP) is 1.74. The Labute approximate surface area is 118 Å². The summed E-state index contributed by atoms with van der Waals surface area (Å²) in [6.45, 7) is 3.48. The molecule has 1 amide bonds. The molecule has 106 valence electrons. The maximum Gasteiger partial charge on any atom is 0.230 e. The Kier molecular flexibility index (Phi) is 6.34. The predicted molar refractivity (Wildman–Crippen MR) is 79.3 cm³/mol. The highest BCUT2D eigenvalue weighted by Crippen LogP contribution is 2.24. The smallest absolute Gasteiger partial charge is 0.230 e. The highest BCUT2D eigenvalue weighted by Gasteiger charge is 2.27. The van der Waals surface area contributed by atoms with Crippen LogP contribution >= 0.6 is 11.8 Å². The number of carbonyl (C=O) groups excluding carboxylic acids is 1. The summed E-state index contributed by atoms with van der Waals surface area (Å²) in [5.41, 5.74) is 0.247. The number of hydrogen-bond donors (Lipinski definition) is 3. The highest BCUT2D eigenvalue weighted by molar-refractivity contribution is 7.99. The van der Waals surface area contributed by atoms with Crippen LogP contribution in [0.2, 0.25) is 0 Å². The van der Waals surface area contributed by atoms with Gasteiger partial charge in [-0.05, 0) is 12.1 Å². The van der Waals surface area contributed by atoms with Crippen LogP contribution in [-0.2, 0) is 4.79 Å². The van der Waals surface area contributed by atoms with Crippen molar-refractivity contribution in [2.75, 3.05) is 23.4 Å². The van der Waals surface area contributed by atoms with E-state index in [1.807, 2.05) is 44.2 Å². The van der Waals surface area contributed by atoms with Crippen LogP contribution in [0.3, 0.4) is 0 Å². The van der Waals surface area contributed by atoms with E-state index in [4.69, 9.17) is 5.11 Å². The van der Waals surface area contributed by atoms with Gasteiger partial charge in [0.05, 0.1) is 18.1 Å². The SMILES string of the molecule is CC(C)(CSCC(O)CO)C(=O)Nc1ccccc1. The molecular weight excluding hydrogens is 262 g/mol. The molecule has 0 aliphatic rings. The number of benzene rings is 1. The van der Waals surface area contributed by atoms with Crippen molar-refractivity contribution in [1.82, 2.24) is 0 Å². The van der Waals surface area contributed by atoms with Gasteiger partial charge in [0.1, 0.15) is 0 Å². The average Bonchev–Trinajstić information content (AvgIpc) is 2.39. The number of aliphatic hydroxyl groups excluding tert-OH is 2. The van der Waals surface area contributed by atoms with Crippen LogP contribution in [0.25, 0.3) is 0 Å². The lowest BCUT2D eigenvalue weighted by Crippen LogP contribution is -2.33. The lowest BCUT2D eigenvalue weighted by molar-refractivity contribution is -0.122. The molecule has 0 bridgehead atoms. The monoisotopic (exact) mass is 283 g/mol. The Morgan fingerprint density at radius 2 is 2.00 bits per heavy atom. The van der Waals surface area contributed by atoms with Gasteiger partial charge in [-0.15, -0.1) is 0 Å². The second-order valence-electron chi connectivity index (χ2n) is 5.06. The van der Waals surface area contributed by atoms with Gasteiger partial charge in [-0.25, -0.2) is 0 Å². The fraction of sp³-hybridized carbons (Fsp3) is 0.500. The van der Waals surface area contributed by atoms with Gasteiger partial charge >= 0.3 is 0 Å². The number of hydrogen-bond acceptors (Lipinski definition) is 4. The van der Waals surface area contributed by atoms with Gasteiger partial charge in [0.15, 0.2) is 0 Å². The molecule has 0 heterocycles. The molecule has 1 rings (SSSR count). The number of carbonyl (C=O) groups is 1. The van der Waals surface area contributed by atoms with Crippen LogP contribution in [0.15, 0.2) is 30.3 Å². The number of rotatable bonds is 7. The van der Waals surface area contributed by atoms with Crippen LogP contribution in [0.5, 0.6) is 0 Å². The minimum atomic E-state index is -0.724. The molecule has 19 heavy (non-hydrogen) atoms. The zero-order chi connectivity index (χ0) is 14.3. The molecule has 0 radical (unpaired) electrons. The highest BCUT2D eigenvalue weighted by atomic mass is 32.2. The third kappa shape index (κ3) is 5.63. The fourth-order valence-corrected chi connectivity index (χ4v) is 2.53. The number of aliphatic hydroxyl groups is 2. The second kappa shape index (κ2) is 7.53. The fourth-order valence-electron chi connectivity index (χ4n) is 1.39. The Morgan fingerprint density at radius 3 is 2.58 bits per heavy atom. The second-order valence-corrected chi connectivity index (χ2v) is 6.09. The van der Waals surface area contributed by atoms with E-state index < -0.39 is 11.5 Å². The Morgan fingerprint density at radius 1 is 1.37 bits per heavy atom. The first-order valence-electron chi connectivity index (χ1n) is 6.19. The van der Waals surface area contributed by atoms with Gasteiger partial charge < -0.3 is 15.5 Å². The lowest BCUT2D eigenvalue weighted by atomic mass is 9.95. The van der Waals surface area contributed by atoms with Crippen molar-refractivity contribution in [2.24, 2.45) is 5.41 Å². The summed E-state index contributed by atoms with van der Waals surface area (Å²) in [5.74, 6) is 0.964. The van der Waals surface area contributed by atoms with E-state index in [9.17, 15) is 9.90 Å². The molecule has 0 spiro atoms. The van der Waals surface area contributed by atoms with Crippen LogP contribution < -0.4 is 5.32 Å². The normalized spacial score (nSPS) is 13.1. The maximum absolute atomic E-state index is 12.1. The molecular formula is C14H21NO3S. The summed E-state index contributed by atoms with van der Waals surface area (Å²) in [6, 6.07) is 9.32. The summed E-state index contributed by atoms with van der Waals surface area (Å²) in [5, 5.41) is 20.9. The van der Waals surface area contributed by atoms with Gasteiger partial charge in [-0.3, -0.25) is 4.79 Å². The Hall–Kier alpha value is -1.04. The van der Waals surface area contributed by atoms with Crippen molar-refractivity contribution >= 4 is 23.4 Å². The van der Waals surface area contributed by atoms with Crippen molar-refractivity contribution in [3.63, 3.8) is 0 Å². The first-order valence-corrected chi connectivity index (χ1v) is 7.34. The van der Waals surface area contributed by atoms with E-state index in [1.165, 1.54) is 11.8 Å². The zero-order valence-corrected chi connectivity index (χ0v) is 12.1. The Bertz CT molecular complexity index is 395. The third-order valence-corrected chi connectivity index (χ3v) is 4.18. The molecule has 4 nitrogen and oxygen atoms in total. The van der Waals surface area contributed by atoms with E-state index >= 15 is 0 Å². The summed E-state index contributed by atoms with van der Waals surface area (Å²) in [4.78, 5) is 12.1. The number of anilines is 1. The topological polar surface area (TPSA) is 69.6 Å². The maximum atomic E-state index is 12.1. The molecule has 3 N–H and O–H groups in total. The molecule has 5 heteroatoms. The van der Waals surface area contributed by atoms with Crippen molar-refractivity contribution in [3.05, 3.63) is 30.3 Å². The molecule has 1 unspecified atom stereocenters. The standard InChI is InChI=1S/C14H21NO3S/c1-14(2,10-19-9-12(17)8-16)13(18)15-11-6-4-3-5-7-11/h3-7,12,16-17H,8-10H2,1-2H3,(H,15,18). The molecule has 1 aromatic rings. The third-order valence-electron chi connectivity index (χ3n) is 2.63. The summed E-state index contributed by atoms with van der Waals surface area (Å²) < 4.78 is 0. The molecule has 0 aromatic heterocycles. The van der Waals surface area contributed by atoms with Gasteiger partial charge in [0.25, 0.3) is 0 Å². The van der Waals surface area contributed by atoms with Gasteiger partial charge in [0, 0.05) is 17.2 Å². The average molecular weight is 283 g/mol. The molecule has 0 fully saturated rings. The first-order chi connectivity index (χ1) is 8.95. The minimum Gasteiger partial charge on any atom is -0.394 e. The molecule has 1 atom stereocenters. The Balaban J connectivity index is 2.45. The van der Waals surface area contributed by atoms with Crippen LogP contribution in [-0.4, -0.2) is 40.3 Å². The van der Waals surface area contributed by atoms with Crippen LogP contribution in [0.4, 0.5) is 5.69 Å². The number of nitrogens with one attached hydrogen (secondary N) is 1. The largest absolute Gasteiger partial charge is 0.394 e. The molecule has 0 saturated carbocycles. The minimum absolute atomic E-state index is 0.0512. The van der Waals surface area contributed by atoms with Crippen molar-refractivity contribution in [3.8, 4) is 0 Å². The van der Waals surface area contributed by atoms with E-state index in [0.717, 1.165) is 5.69 Å². The lowest BCUT2D eigenvalue weighted by Gasteiger charge is -2.23. The van der Waals surface area contributed by atoms with Gasteiger partial charge in [-0.2, -0.15) is 11.8 Å². The quantitative estimate of drug-likeness (QED) is 0.713. The molecule has 0 saturated heterocycles. The molecule has 0 aliphatic carbocycles. The van der Waals surface area contributed by atoms with Crippen molar-refractivity contribution in [2.45, 2.75) is 20.0 Å². The summed E-state index contributed by atoms with van der Waals surface area (Å²) in [6.07, 6.45) is -0.724. The van der Waals surface area contributed by atoms with E-state index in [0.29, 0.717) is 11.5 Å². The van der Waals surface area contributed by atoms with Crippen molar-refractivity contribution < 1.29 is 15.0 Å². The zero-order valence-electron chi connectivity index (χ0n) is 11.3. The van der Waals surface area contributed by atoms with E-state index in [2.05, 4.69) is 5.32 Å². The van der Waals surface area contributed by atoms with Gasteiger partial charge in [-0.1, -0.05) is 32.0 Å². The number of thioether (sulfide) groups is 1. The van der Waals surface area contributed by atoms with E-state index in [1.54, 1.807) is 0 Å². The summed E-state index contributed by atoms with van der Waals surface area (Å²) in [7, 11) is 0. The molecule has 0 aliphatic heterocycles. The number of amides is 1. The van der Waals surface area contributed by atoms with Gasteiger partial charge in [0.2, 0.25) is 5.91 Å².